The molecule has 0 N–H and O–H groups in total. The van der Waals surface area contributed by atoms with E-state index in [4.69, 9.17) is 4.74 Å². The maximum atomic E-state index is 11.8. The third-order valence-corrected chi connectivity index (χ3v) is 4.75. The summed E-state index contributed by atoms with van der Waals surface area (Å²) < 4.78 is 6.14. The maximum Gasteiger partial charge on any atom is 0.159 e. The molecule has 2 heteroatoms. The lowest BCUT2D eigenvalue weighted by Gasteiger charge is -2.44. The Morgan fingerprint density at radius 2 is 2.10 bits per heavy atom. The van der Waals surface area contributed by atoms with Crippen molar-refractivity contribution in [3.8, 4) is 0 Å². The molecule has 1 saturated heterocycles. The first kappa shape index (κ1) is 14.1. The van der Waals surface area contributed by atoms with Gasteiger partial charge in [-0.15, -0.1) is 0 Å². The molecule has 0 bridgehead atoms. The van der Waals surface area contributed by atoms with Crippen LogP contribution in [0.15, 0.2) is 54.3 Å². The van der Waals surface area contributed by atoms with E-state index in [1.807, 2.05) is 13.0 Å². The molecule has 0 radical (unpaired) electrons. The number of fused-ring (bicyclic) bond motifs is 1. The molecular weight excluding hydrogens is 260 g/mol. The summed E-state index contributed by atoms with van der Waals surface area (Å²) in [5.74, 6) is 1.08. The summed E-state index contributed by atoms with van der Waals surface area (Å²) in [6.07, 6.45) is 6.35. The second-order valence-corrected chi connectivity index (χ2v) is 6.41. The molecule has 1 aliphatic heterocycles. The highest BCUT2D eigenvalue weighted by atomic mass is 16.5. The van der Waals surface area contributed by atoms with Gasteiger partial charge in [0.05, 0.1) is 0 Å². The topological polar surface area (TPSA) is 26.3 Å². The first-order valence-corrected chi connectivity index (χ1v) is 7.70. The number of rotatable bonds is 3. The molecule has 1 aromatic carbocycles. The summed E-state index contributed by atoms with van der Waals surface area (Å²) in [4.78, 5) is 11.8. The van der Waals surface area contributed by atoms with E-state index in [0.717, 1.165) is 37.0 Å². The van der Waals surface area contributed by atoms with Crippen molar-refractivity contribution >= 4 is 5.78 Å². The summed E-state index contributed by atoms with van der Waals surface area (Å²) in [6.45, 7) is 6.01. The van der Waals surface area contributed by atoms with Crippen LogP contribution in [0.4, 0.5) is 0 Å². The van der Waals surface area contributed by atoms with Gasteiger partial charge in [-0.2, -0.15) is 0 Å². The van der Waals surface area contributed by atoms with Crippen molar-refractivity contribution in [3.63, 3.8) is 0 Å². The van der Waals surface area contributed by atoms with E-state index in [9.17, 15) is 4.79 Å². The number of carbonyl (C=O) groups excluding carboxylic acids is 1. The zero-order valence-corrected chi connectivity index (χ0v) is 12.6. The molecule has 0 unspecified atom stereocenters. The number of ketones is 1. The van der Waals surface area contributed by atoms with E-state index >= 15 is 0 Å². The van der Waals surface area contributed by atoms with E-state index in [-0.39, 0.29) is 17.3 Å². The minimum atomic E-state index is 0.00120. The van der Waals surface area contributed by atoms with Crippen LogP contribution in [0, 0.1) is 5.41 Å². The monoisotopic (exact) mass is 282 g/mol. The quantitative estimate of drug-likeness (QED) is 0.776. The van der Waals surface area contributed by atoms with Crippen LogP contribution in [-0.2, 0) is 16.0 Å². The third kappa shape index (κ3) is 2.80. The zero-order valence-electron chi connectivity index (χ0n) is 12.6. The summed E-state index contributed by atoms with van der Waals surface area (Å²) >= 11 is 0. The maximum absolute atomic E-state index is 11.8. The highest BCUT2D eigenvalue weighted by Crippen LogP contribution is 2.48. The lowest BCUT2D eigenvalue weighted by Crippen LogP contribution is -2.39. The fourth-order valence-corrected chi connectivity index (χ4v) is 3.48. The Labute approximate surface area is 126 Å². The van der Waals surface area contributed by atoms with Gasteiger partial charge in [0.1, 0.15) is 11.9 Å². The van der Waals surface area contributed by atoms with Crippen LogP contribution in [0.25, 0.3) is 0 Å². The predicted molar refractivity (Wildman–Crippen MR) is 83.8 cm³/mol. The van der Waals surface area contributed by atoms with Gasteiger partial charge in [0, 0.05) is 17.9 Å². The standard InChI is InChI=1S/C19H22O2/c1-14(2)17-9-11-19(13-15-6-4-3-5-7-15)10-8-16(20)12-18(19)21-17/h3-7,12,17H,1,8-11,13H2,2H3/t17-,19+/m0/s1. The van der Waals surface area contributed by atoms with Gasteiger partial charge in [0.25, 0.3) is 0 Å². The Bertz CT molecular complexity index is 585. The molecule has 110 valence electrons. The Hall–Kier alpha value is -1.83. The van der Waals surface area contributed by atoms with Crippen molar-refractivity contribution in [1.82, 2.24) is 0 Å². The highest BCUT2D eigenvalue weighted by molar-refractivity contribution is 5.91. The molecular formula is C19H22O2. The van der Waals surface area contributed by atoms with Gasteiger partial charge in [-0.25, -0.2) is 0 Å². The second-order valence-electron chi connectivity index (χ2n) is 6.41. The number of benzene rings is 1. The Kier molecular flexibility index (Phi) is 3.71. The minimum absolute atomic E-state index is 0.00120. The highest BCUT2D eigenvalue weighted by Gasteiger charge is 2.43. The van der Waals surface area contributed by atoms with Crippen LogP contribution >= 0.6 is 0 Å². The number of hydrogen-bond acceptors (Lipinski definition) is 2. The van der Waals surface area contributed by atoms with Crippen molar-refractivity contribution in [3.05, 3.63) is 59.9 Å². The number of ether oxygens (including phenoxy) is 1. The average molecular weight is 282 g/mol. The van der Waals surface area contributed by atoms with Crippen LogP contribution < -0.4 is 0 Å². The summed E-state index contributed by atoms with van der Waals surface area (Å²) in [7, 11) is 0. The Balaban J connectivity index is 1.90. The lowest BCUT2D eigenvalue weighted by molar-refractivity contribution is -0.117. The molecule has 3 rings (SSSR count). The van der Waals surface area contributed by atoms with E-state index in [1.165, 1.54) is 5.56 Å². The number of allylic oxidation sites excluding steroid dienone is 2. The summed E-state index contributed by atoms with van der Waals surface area (Å²) in [5.41, 5.74) is 2.36. The van der Waals surface area contributed by atoms with E-state index in [2.05, 4.69) is 30.8 Å². The normalized spacial score (nSPS) is 28.3. The van der Waals surface area contributed by atoms with E-state index in [1.54, 1.807) is 6.08 Å². The summed E-state index contributed by atoms with van der Waals surface area (Å²) in [5, 5.41) is 0. The molecule has 1 fully saturated rings. The van der Waals surface area contributed by atoms with Crippen LogP contribution in [0.5, 0.6) is 0 Å². The third-order valence-electron chi connectivity index (χ3n) is 4.75. The first-order valence-electron chi connectivity index (χ1n) is 7.70. The van der Waals surface area contributed by atoms with Crippen molar-refractivity contribution in [2.45, 2.75) is 45.1 Å². The van der Waals surface area contributed by atoms with Gasteiger partial charge < -0.3 is 4.74 Å². The molecule has 2 atom stereocenters. The fraction of sp³-hybridized carbons (Fsp3) is 0.421. The Morgan fingerprint density at radius 1 is 1.33 bits per heavy atom. The molecule has 2 nitrogen and oxygen atoms in total. The molecule has 1 aromatic rings. The molecule has 1 aliphatic carbocycles. The summed E-state index contributed by atoms with van der Waals surface area (Å²) in [6, 6.07) is 10.5. The van der Waals surface area contributed by atoms with Crippen molar-refractivity contribution in [2.75, 3.05) is 0 Å². The fourth-order valence-electron chi connectivity index (χ4n) is 3.48. The molecule has 2 aliphatic rings. The number of hydrogen-bond donors (Lipinski definition) is 0. The van der Waals surface area contributed by atoms with Crippen LogP contribution in [0.3, 0.4) is 0 Å². The smallest absolute Gasteiger partial charge is 0.159 e. The average Bonchev–Trinajstić information content (AvgIpc) is 2.48. The number of carbonyl (C=O) groups is 1. The van der Waals surface area contributed by atoms with Gasteiger partial charge in [-0.1, -0.05) is 36.9 Å². The molecule has 1 heterocycles. The SMILES string of the molecule is C=C(C)[C@@H]1CC[C@@]2(Cc3ccccc3)CCC(=O)C=C2O1. The van der Waals surface area contributed by atoms with Gasteiger partial charge in [-0.3, -0.25) is 4.79 Å². The second kappa shape index (κ2) is 5.51. The zero-order chi connectivity index (χ0) is 14.9. The van der Waals surface area contributed by atoms with E-state index in [0.29, 0.717) is 6.42 Å². The van der Waals surface area contributed by atoms with Crippen LogP contribution in [0.1, 0.15) is 38.2 Å². The van der Waals surface area contributed by atoms with Gasteiger partial charge in [-0.05, 0) is 43.7 Å². The molecule has 0 spiro atoms. The molecule has 0 aromatic heterocycles. The van der Waals surface area contributed by atoms with Crippen molar-refractivity contribution < 1.29 is 9.53 Å². The van der Waals surface area contributed by atoms with Crippen LogP contribution in [0.2, 0.25) is 0 Å². The van der Waals surface area contributed by atoms with E-state index < -0.39 is 0 Å². The molecule has 0 saturated carbocycles. The largest absolute Gasteiger partial charge is 0.490 e. The molecule has 0 amide bonds. The lowest BCUT2D eigenvalue weighted by atomic mass is 9.67. The van der Waals surface area contributed by atoms with Crippen LogP contribution in [-0.4, -0.2) is 11.9 Å². The minimum Gasteiger partial charge on any atom is -0.490 e. The van der Waals surface area contributed by atoms with Gasteiger partial charge >= 0.3 is 0 Å². The Morgan fingerprint density at radius 3 is 2.81 bits per heavy atom. The van der Waals surface area contributed by atoms with Gasteiger partial charge in [0.2, 0.25) is 0 Å². The first-order chi connectivity index (χ1) is 10.1. The van der Waals surface area contributed by atoms with Crippen molar-refractivity contribution in [2.24, 2.45) is 5.41 Å². The van der Waals surface area contributed by atoms with Crippen molar-refractivity contribution in [1.29, 1.82) is 0 Å². The molecule has 21 heavy (non-hydrogen) atoms. The van der Waals surface area contributed by atoms with Gasteiger partial charge in [0.15, 0.2) is 5.78 Å². The predicted octanol–water partition coefficient (Wildman–Crippen LogP) is 4.22.